The molecule has 0 amide bonds. The summed E-state index contributed by atoms with van der Waals surface area (Å²) in [7, 11) is 3.54. The topological polar surface area (TPSA) is 51.9 Å². The zero-order chi connectivity index (χ0) is 21.3. The molecule has 1 atom stereocenters. The highest BCUT2D eigenvalue weighted by Gasteiger charge is 2.40. The predicted molar refractivity (Wildman–Crippen MR) is 114 cm³/mol. The summed E-state index contributed by atoms with van der Waals surface area (Å²) >= 11 is 0. The minimum Gasteiger partial charge on any atom is -0.495 e. The molecule has 0 radical (unpaired) electrons. The Kier molecular flexibility index (Phi) is 5.03. The van der Waals surface area contributed by atoms with Gasteiger partial charge in [0.25, 0.3) is 0 Å². The Balaban J connectivity index is 1.54. The summed E-state index contributed by atoms with van der Waals surface area (Å²) < 4.78 is 20.8. The quantitative estimate of drug-likeness (QED) is 0.627. The molecule has 7 heteroatoms. The Morgan fingerprint density at radius 2 is 1.90 bits per heavy atom. The highest BCUT2D eigenvalue weighted by molar-refractivity contribution is 5.97. The maximum Gasteiger partial charge on any atom is 0.234 e. The van der Waals surface area contributed by atoms with Gasteiger partial charge in [0.15, 0.2) is 5.84 Å². The second-order valence-electron chi connectivity index (χ2n) is 7.28. The van der Waals surface area contributed by atoms with Crippen molar-refractivity contribution in [2.24, 2.45) is 5.16 Å². The Morgan fingerprint density at radius 1 is 1.13 bits per heavy atom. The standard InChI is InChI=1S/C23H23FN4O2/c1-16-14-28(15-25-16)20-11-5-17(13-21(20)29-4)6-12-22-26-30-23(2,27(22)3)18-7-9-19(24)10-8-18/h5-15H,1-4H3/b12-6+. The van der Waals surface area contributed by atoms with Gasteiger partial charge in [-0.05, 0) is 42.8 Å². The van der Waals surface area contributed by atoms with Crippen LogP contribution in [0.4, 0.5) is 4.39 Å². The van der Waals surface area contributed by atoms with Crippen molar-refractivity contribution in [2.45, 2.75) is 19.6 Å². The summed E-state index contributed by atoms with van der Waals surface area (Å²) in [5.41, 5.74) is 2.83. The molecule has 2 aromatic carbocycles. The van der Waals surface area contributed by atoms with Crippen LogP contribution in [0.1, 0.15) is 23.7 Å². The second kappa shape index (κ2) is 7.67. The van der Waals surface area contributed by atoms with Crippen molar-refractivity contribution in [2.75, 3.05) is 14.2 Å². The van der Waals surface area contributed by atoms with E-state index in [1.165, 1.54) is 12.1 Å². The minimum atomic E-state index is -0.797. The molecule has 154 valence electrons. The van der Waals surface area contributed by atoms with E-state index in [4.69, 9.17) is 9.57 Å². The van der Waals surface area contributed by atoms with Gasteiger partial charge in [0.05, 0.1) is 24.8 Å². The van der Waals surface area contributed by atoms with Gasteiger partial charge in [0.2, 0.25) is 5.72 Å². The number of ether oxygens (including phenoxy) is 1. The van der Waals surface area contributed by atoms with Crippen LogP contribution in [0.5, 0.6) is 5.75 Å². The number of aromatic nitrogens is 2. The lowest BCUT2D eigenvalue weighted by Crippen LogP contribution is -2.40. The smallest absolute Gasteiger partial charge is 0.234 e. The average molecular weight is 406 g/mol. The molecule has 0 fully saturated rings. The largest absolute Gasteiger partial charge is 0.495 e. The van der Waals surface area contributed by atoms with Crippen LogP contribution in [0.3, 0.4) is 0 Å². The maximum absolute atomic E-state index is 13.3. The van der Waals surface area contributed by atoms with Crippen LogP contribution in [0.2, 0.25) is 0 Å². The highest BCUT2D eigenvalue weighted by atomic mass is 19.1. The summed E-state index contributed by atoms with van der Waals surface area (Å²) in [6.45, 7) is 3.84. The van der Waals surface area contributed by atoms with Crippen molar-refractivity contribution < 1.29 is 14.0 Å². The highest BCUT2D eigenvalue weighted by Crippen LogP contribution is 2.34. The van der Waals surface area contributed by atoms with Crippen LogP contribution in [-0.4, -0.2) is 34.4 Å². The molecule has 0 spiro atoms. The Morgan fingerprint density at radius 3 is 2.57 bits per heavy atom. The number of amidine groups is 1. The third kappa shape index (κ3) is 3.54. The molecule has 2 heterocycles. The van der Waals surface area contributed by atoms with Gasteiger partial charge >= 0.3 is 0 Å². The number of methoxy groups -OCH3 is 1. The number of aryl methyl sites for hydroxylation is 1. The van der Waals surface area contributed by atoms with Crippen molar-refractivity contribution >= 4 is 11.9 Å². The van der Waals surface area contributed by atoms with Gasteiger partial charge in [-0.15, -0.1) is 0 Å². The second-order valence-corrected chi connectivity index (χ2v) is 7.28. The van der Waals surface area contributed by atoms with E-state index >= 15 is 0 Å². The summed E-state index contributed by atoms with van der Waals surface area (Å²) in [5, 5.41) is 4.21. The molecule has 0 saturated carbocycles. The van der Waals surface area contributed by atoms with Gasteiger partial charge in [-0.25, -0.2) is 9.37 Å². The first-order valence-electron chi connectivity index (χ1n) is 9.54. The molecule has 0 saturated heterocycles. The van der Waals surface area contributed by atoms with E-state index in [9.17, 15) is 4.39 Å². The Labute approximate surface area is 174 Å². The third-order valence-electron chi connectivity index (χ3n) is 5.30. The van der Waals surface area contributed by atoms with E-state index in [0.717, 1.165) is 28.3 Å². The molecular formula is C23H23FN4O2. The monoisotopic (exact) mass is 406 g/mol. The first-order chi connectivity index (χ1) is 14.4. The zero-order valence-electron chi connectivity index (χ0n) is 17.3. The molecule has 0 N–H and O–H groups in total. The van der Waals surface area contributed by atoms with Crippen LogP contribution in [0, 0.1) is 12.7 Å². The van der Waals surface area contributed by atoms with Gasteiger partial charge in [-0.2, -0.15) is 0 Å². The Hall–Kier alpha value is -3.61. The molecule has 1 aromatic heterocycles. The Bertz CT molecular complexity index is 1120. The zero-order valence-corrected chi connectivity index (χ0v) is 17.3. The molecule has 4 rings (SSSR count). The fourth-order valence-electron chi connectivity index (χ4n) is 3.36. The van der Waals surface area contributed by atoms with E-state index < -0.39 is 5.72 Å². The van der Waals surface area contributed by atoms with Gasteiger partial charge < -0.3 is 19.0 Å². The number of halogens is 1. The molecule has 0 bridgehead atoms. The van der Waals surface area contributed by atoms with Crippen molar-refractivity contribution in [3.05, 3.63) is 83.7 Å². The lowest BCUT2D eigenvalue weighted by molar-refractivity contribution is -0.0814. The molecule has 6 nitrogen and oxygen atoms in total. The van der Waals surface area contributed by atoms with Crippen LogP contribution >= 0.6 is 0 Å². The van der Waals surface area contributed by atoms with Gasteiger partial charge in [0.1, 0.15) is 11.6 Å². The number of rotatable bonds is 5. The summed E-state index contributed by atoms with van der Waals surface area (Å²) in [4.78, 5) is 11.9. The van der Waals surface area contributed by atoms with Gasteiger partial charge in [-0.3, -0.25) is 0 Å². The van der Waals surface area contributed by atoms with E-state index in [1.807, 2.05) is 66.9 Å². The third-order valence-corrected chi connectivity index (χ3v) is 5.30. The van der Waals surface area contributed by atoms with Crippen LogP contribution in [0.25, 0.3) is 11.8 Å². The number of hydrogen-bond acceptors (Lipinski definition) is 5. The first-order valence-corrected chi connectivity index (χ1v) is 9.54. The normalized spacial score (nSPS) is 18.6. The fraction of sp³-hybridized carbons (Fsp3) is 0.217. The number of likely N-dealkylation sites (N-methyl/N-ethyl adjacent to an activating group) is 1. The summed E-state index contributed by atoms with van der Waals surface area (Å²) in [5.74, 6) is 1.12. The molecular weight excluding hydrogens is 383 g/mol. The maximum atomic E-state index is 13.3. The number of benzene rings is 2. The van der Waals surface area contributed by atoms with Crippen molar-refractivity contribution in [1.82, 2.24) is 14.5 Å². The van der Waals surface area contributed by atoms with Crippen molar-refractivity contribution in [3.63, 3.8) is 0 Å². The number of imidazole rings is 1. The van der Waals surface area contributed by atoms with E-state index in [2.05, 4.69) is 10.1 Å². The predicted octanol–water partition coefficient (Wildman–Crippen LogP) is 4.49. The average Bonchev–Trinajstić information content (AvgIpc) is 3.31. The van der Waals surface area contributed by atoms with Gasteiger partial charge in [-0.1, -0.05) is 29.4 Å². The van der Waals surface area contributed by atoms with Crippen LogP contribution in [0.15, 0.2) is 66.2 Å². The van der Waals surface area contributed by atoms with Crippen molar-refractivity contribution in [1.29, 1.82) is 0 Å². The SMILES string of the molecule is COc1cc(/C=C/C2=NOC(C)(c3ccc(F)cc3)N2C)ccc1-n1cnc(C)c1. The number of nitrogens with zero attached hydrogens (tertiary/aromatic N) is 4. The van der Waals surface area contributed by atoms with E-state index in [0.29, 0.717) is 5.84 Å². The molecule has 0 aliphatic carbocycles. The number of hydrogen-bond donors (Lipinski definition) is 0. The lowest BCUT2D eigenvalue weighted by Gasteiger charge is -2.31. The molecule has 1 aliphatic heterocycles. The molecule has 1 unspecified atom stereocenters. The molecule has 1 aliphatic rings. The van der Waals surface area contributed by atoms with Gasteiger partial charge in [0, 0.05) is 25.7 Å². The fourth-order valence-corrected chi connectivity index (χ4v) is 3.36. The summed E-state index contributed by atoms with van der Waals surface area (Å²) in [6, 6.07) is 12.2. The minimum absolute atomic E-state index is 0.285. The molecule has 3 aromatic rings. The van der Waals surface area contributed by atoms with Crippen LogP contribution in [-0.2, 0) is 10.6 Å². The number of oxime groups is 1. The lowest BCUT2D eigenvalue weighted by atomic mass is 10.0. The van der Waals surface area contributed by atoms with E-state index in [1.54, 1.807) is 25.6 Å². The molecule has 30 heavy (non-hydrogen) atoms. The van der Waals surface area contributed by atoms with Crippen LogP contribution < -0.4 is 4.74 Å². The van der Waals surface area contributed by atoms with E-state index in [-0.39, 0.29) is 5.82 Å². The first kappa shape index (κ1) is 19.7. The summed E-state index contributed by atoms with van der Waals surface area (Å²) in [6.07, 6.45) is 7.53. The van der Waals surface area contributed by atoms with Crippen molar-refractivity contribution in [3.8, 4) is 11.4 Å².